The van der Waals surface area contributed by atoms with Crippen LogP contribution in [0.2, 0.25) is 0 Å². The van der Waals surface area contributed by atoms with Crippen molar-refractivity contribution in [3.05, 3.63) is 29.8 Å². The summed E-state index contributed by atoms with van der Waals surface area (Å²) in [5.41, 5.74) is 5.89. The number of carbonyl (C=O) groups is 10. The summed E-state index contributed by atoms with van der Waals surface area (Å²) in [4.78, 5) is 117. The lowest BCUT2D eigenvalue weighted by molar-refractivity contribution is -0.148. The second-order valence-corrected chi connectivity index (χ2v) is 14.6. The quantitative estimate of drug-likeness (QED) is 0.0472. The number of carbonyl (C=O) groups excluding carboxylic acids is 8. The Balaban J connectivity index is 0. The summed E-state index contributed by atoms with van der Waals surface area (Å²) in [7, 11) is 0. The number of benzene rings is 1. The second kappa shape index (κ2) is 33.6. The molecule has 0 radical (unpaired) electrons. The van der Waals surface area contributed by atoms with E-state index in [1.165, 1.54) is 0 Å². The molecule has 1 aromatic carbocycles. The van der Waals surface area contributed by atoms with Gasteiger partial charge in [0, 0.05) is 43.8 Å². The zero-order valence-electron chi connectivity index (χ0n) is 37.1. The van der Waals surface area contributed by atoms with Crippen LogP contribution in [0.15, 0.2) is 24.3 Å². The van der Waals surface area contributed by atoms with Crippen LogP contribution in [0.5, 0.6) is 0 Å². The lowest BCUT2D eigenvalue weighted by Crippen LogP contribution is -2.56. The van der Waals surface area contributed by atoms with E-state index in [4.69, 9.17) is 25.4 Å². The van der Waals surface area contributed by atoms with Gasteiger partial charge >= 0.3 is 23.9 Å². The smallest absolute Gasteiger partial charge is 0.312 e. The minimum atomic E-state index is -1.34. The number of esters is 1. The van der Waals surface area contributed by atoms with Crippen LogP contribution < -0.4 is 37.6 Å². The second-order valence-electron chi connectivity index (χ2n) is 14.6. The summed E-state index contributed by atoms with van der Waals surface area (Å²) in [6.07, 6.45) is 0.552. The molecule has 350 valence electrons. The molecule has 21 heteroatoms. The maximum absolute atomic E-state index is 13.1. The van der Waals surface area contributed by atoms with Crippen LogP contribution >= 0.6 is 0 Å². The van der Waals surface area contributed by atoms with Crippen LogP contribution in [0.3, 0.4) is 0 Å². The van der Waals surface area contributed by atoms with E-state index in [0.29, 0.717) is 12.2 Å². The van der Waals surface area contributed by atoms with E-state index in [9.17, 15) is 47.9 Å². The van der Waals surface area contributed by atoms with Crippen LogP contribution in [0.1, 0.15) is 99.5 Å². The highest BCUT2D eigenvalue weighted by atomic mass is 16.5. The normalized spacial score (nSPS) is 11.3. The van der Waals surface area contributed by atoms with Gasteiger partial charge in [-0.15, -0.1) is 0 Å². The molecule has 0 aliphatic heterocycles. The number of ketones is 1. The molecule has 0 heterocycles. The molecule has 1 rings (SSSR count). The molecule has 0 saturated carbocycles. The van der Waals surface area contributed by atoms with Crippen molar-refractivity contribution in [2.75, 3.05) is 38.2 Å². The summed E-state index contributed by atoms with van der Waals surface area (Å²) in [6.45, 7) is 13.9. The van der Waals surface area contributed by atoms with Crippen molar-refractivity contribution in [2.45, 2.75) is 113 Å². The van der Waals surface area contributed by atoms with E-state index in [-0.39, 0.29) is 69.1 Å². The Morgan fingerprint density at radius 3 is 1.74 bits per heavy atom. The topological polar surface area (TPSA) is 328 Å². The number of amides is 7. The number of rotatable bonds is 26. The first kappa shape index (κ1) is 58.0. The molecule has 0 saturated heterocycles. The minimum absolute atomic E-state index is 0.0362. The molecule has 21 nitrogen and oxygen atoms in total. The molecule has 7 amide bonds. The SMILES string of the molecule is CC(C)C(=O)CCOCCC(=O)NCC(=O)NC(CCC(=O)O)C(=O)NC(C(=O)NCC(=O)Nc1ccc(COC(=O)C(C)C)cc1)C(C)C.CCC(=O)O.CCCNC(N)=O. The van der Waals surface area contributed by atoms with Crippen molar-refractivity contribution in [1.29, 1.82) is 0 Å². The van der Waals surface area contributed by atoms with Gasteiger partial charge in [-0.25, -0.2) is 4.79 Å². The molecule has 2 atom stereocenters. The van der Waals surface area contributed by atoms with Gasteiger partial charge in [0.2, 0.25) is 29.5 Å². The zero-order valence-corrected chi connectivity index (χ0v) is 37.1. The Morgan fingerprint density at radius 1 is 0.677 bits per heavy atom. The number of carboxylic acid groups (broad SMARTS) is 2. The highest BCUT2D eigenvalue weighted by Crippen LogP contribution is 2.12. The van der Waals surface area contributed by atoms with E-state index in [1.54, 1.807) is 72.7 Å². The largest absolute Gasteiger partial charge is 0.481 e. The molecule has 62 heavy (non-hydrogen) atoms. The highest BCUT2D eigenvalue weighted by Gasteiger charge is 2.29. The van der Waals surface area contributed by atoms with Crippen molar-refractivity contribution in [1.82, 2.24) is 26.6 Å². The third-order valence-corrected chi connectivity index (χ3v) is 7.97. The van der Waals surface area contributed by atoms with Crippen molar-refractivity contribution in [2.24, 2.45) is 23.5 Å². The zero-order chi connectivity index (χ0) is 47.8. The van der Waals surface area contributed by atoms with E-state index >= 15 is 0 Å². The Kier molecular flexibility index (Phi) is 31.4. The molecule has 0 spiro atoms. The average molecular weight is 882 g/mol. The van der Waals surface area contributed by atoms with Gasteiger partial charge < -0.3 is 57.3 Å². The fraction of sp³-hybridized carbons (Fsp3) is 0.610. The van der Waals surface area contributed by atoms with Crippen LogP contribution in [0.25, 0.3) is 0 Å². The maximum atomic E-state index is 13.1. The van der Waals surface area contributed by atoms with Crippen LogP contribution in [-0.4, -0.2) is 114 Å². The van der Waals surface area contributed by atoms with Gasteiger partial charge in [-0.2, -0.15) is 0 Å². The predicted molar refractivity (Wildman–Crippen MR) is 227 cm³/mol. The average Bonchev–Trinajstić information content (AvgIpc) is 3.21. The number of primary amides is 1. The standard InChI is InChI=1S/C34H51N5O11.C4H10N2O.C3H6O2/c1-20(2)26(40)13-15-49-16-14-27(41)35-17-29(43)38-25(11-12-30(44)45)32(46)39-31(21(3)4)33(47)36-18-28(42)37-24-9-7-23(8-10-24)19-50-34(48)22(5)6;1-2-3-6-4(5)7;1-2-3(4)5/h7-10,20-22,25,31H,11-19H2,1-6H3,(H,35,41)(H,36,47)(H,37,42)(H,38,43)(H,39,46)(H,44,45);2-3H2,1H3,(H3,5,6,7);2H2,1H3,(H,4,5). The van der Waals surface area contributed by atoms with Gasteiger partial charge in [-0.1, -0.05) is 67.5 Å². The Bertz CT molecular complexity index is 1600. The Morgan fingerprint density at radius 2 is 1.26 bits per heavy atom. The number of hydrogen-bond acceptors (Lipinski definition) is 12. The van der Waals surface area contributed by atoms with Gasteiger partial charge in [0.05, 0.1) is 32.2 Å². The summed E-state index contributed by atoms with van der Waals surface area (Å²) in [5.74, 6) is -6.41. The van der Waals surface area contributed by atoms with Crippen molar-refractivity contribution in [3.63, 3.8) is 0 Å². The number of Topliss-reactive ketones (excluding diaryl/α,β-unsaturated/α-hetero) is 1. The number of ether oxygens (including phenoxy) is 2. The first-order valence-electron chi connectivity index (χ1n) is 20.3. The Hall–Kier alpha value is -6.12. The van der Waals surface area contributed by atoms with E-state index in [2.05, 4.69) is 31.9 Å². The van der Waals surface area contributed by atoms with Crippen molar-refractivity contribution < 1.29 is 67.6 Å². The van der Waals surface area contributed by atoms with Crippen LogP contribution in [-0.2, 0) is 59.2 Å². The first-order valence-corrected chi connectivity index (χ1v) is 20.3. The molecular formula is C41H67N7O14. The molecule has 0 aliphatic rings. The molecule has 0 aromatic heterocycles. The van der Waals surface area contributed by atoms with Crippen molar-refractivity contribution in [3.8, 4) is 0 Å². The number of anilines is 1. The third-order valence-electron chi connectivity index (χ3n) is 7.97. The van der Waals surface area contributed by atoms with Gasteiger partial charge in [0.1, 0.15) is 24.5 Å². The fourth-order valence-corrected chi connectivity index (χ4v) is 4.30. The molecule has 2 unspecified atom stereocenters. The number of urea groups is 1. The van der Waals surface area contributed by atoms with E-state index in [1.807, 2.05) is 6.92 Å². The summed E-state index contributed by atoms with van der Waals surface area (Å²) >= 11 is 0. The maximum Gasteiger partial charge on any atom is 0.312 e. The van der Waals surface area contributed by atoms with Gasteiger partial charge in [0.25, 0.3) is 0 Å². The molecular weight excluding hydrogens is 814 g/mol. The first-order chi connectivity index (χ1) is 29.0. The number of aliphatic carboxylic acids is 2. The summed E-state index contributed by atoms with van der Waals surface area (Å²) in [6, 6.07) is 3.66. The molecule has 0 aliphatic carbocycles. The van der Waals surface area contributed by atoms with E-state index in [0.717, 1.165) is 12.0 Å². The van der Waals surface area contributed by atoms with Crippen LogP contribution in [0.4, 0.5) is 10.5 Å². The highest BCUT2D eigenvalue weighted by molar-refractivity contribution is 5.97. The predicted octanol–water partition coefficient (Wildman–Crippen LogP) is 1.61. The number of nitrogens with two attached hydrogens (primary N) is 1. The van der Waals surface area contributed by atoms with Crippen molar-refractivity contribution >= 4 is 64.9 Å². The third kappa shape index (κ3) is 30.9. The lowest BCUT2D eigenvalue weighted by Gasteiger charge is -2.25. The summed E-state index contributed by atoms with van der Waals surface area (Å²) in [5, 5.41) is 31.7. The minimum Gasteiger partial charge on any atom is -0.481 e. The number of carboxylic acids is 2. The van der Waals surface area contributed by atoms with Gasteiger partial charge in [-0.05, 0) is 36.5 Å². The van der Waals surface area contributed by atoms with Gasteiger partial charge in [0.15, 0.2) is 0 Å². The summed E-state index contributed by atoms with van der Waals surface area (Å²) < 4.78 is 10.5. The number of nitrogens with one attached hydrogen (secondary N) is 6. The lowest BCUT2D eigenvalue weighted by atomic mass is 10.0. The fourth-order valence-electron chi connectivity index (χ4n) is 4.30. The monoisotopic (exact) mass is 881 g/mol. The van der Waals surface area contributed by atoms with Gasteiger partial charge in [-0.3, -0.25) is 43.2 Å². The molecule has 1 aromatic rings. The Labute approximate surface area is 362 Å². The molecule has 0 fully saturated rings. The number of hydrogen-bond donors (Lipinski definition) is 9. The molecule has 10 N–H and O–H groups in total. The van der Waals surface area contributed by atoms with Crippen LogP contribution in [0, 0.1) is 17.8 Å². The van der Waals surface area contributed by atoms with E-state index < -0.39 is 85.0 Å². The molecule has 0 bridgehead atoms.